The molecule has 8 heteroatoms. The zero-order chi connectivity index (χ0) is 21.6. The normalized spacial score (nSPS) is 11.1. The van der Waals surface area contributed by atoms with E-state index in [1.165, 1.54) is 30.5 Å². The standard InChI is InChI=1S/C22H19ClN2O4S/c1-11-5-6-15-12(7-11)20-13(21(26)24-15)8-19(30-20)22(27)25(2)16-9-14(23)17(28-3)10-18(16)29-4/h5-10H,1-4H3,(H,24,26). The number of carbonyl (C=O) groups is 1. The maximum absolute atomic E-state index is 13.3. The number of nitrogens with zero attached hydrogens (tertiary/aromatic N) is 1. The number of hydrogen-bond acceptors (Lipinski definition) is 5. The molecule has 0 aliphatic rings. The topological polar surface area (TPSA) is 71.6 Å². The molecule has 30 heavy (non-hydrogen) atoms. The van der Waals surface area contributed by atoms with Gasteiger partial charge >= 0.3 is 0 Å². The first-order chi connectivity index (χ1) is 14.3. The molecule has 0 atom stereocenters. The number of rotatable bonds is 4. The molecular formula is C22H19ClN2O4S. The van der Waals surface area contributed by atoms with Gasteiger partial charge in [-0.05, 0) is 31.2 Å². The summed E-state index contributed by atoms with van der Waals surface area (Å²) < 4.78 is 11.4. The van der Waals surface area contributed by atoms with Gasteiger partial charge in [-0.3, -0.25) is 9.59 Å². The van der Waals surface area contributed by atoms with E-state index in [0.29, 0.717) is 32.5 Å². The first kappa shape index (κ1) is 20.3. The first-order valence-electron chi connectivity index (χ1n) is 9.09. The molecule has 0 spiro atoms. The van der Waals surface area contributed by atoms with Crippen LogP contribution in [0.3, 0.4) is 0 Å². The minimum absolute atomic E-state index is 0.218. The van der Waals surface area contributed by atoms with Crippen molar-refractivity contribution >= 4 is 55.5 Å². The summed E-state index contributed by atoms with van der Waals surface area (Å²) in [5.41, 5.74) is 2.10. The van der Waals surface area contributed by atoms with Crippen LogP contribution in [-0.4, -0.2) is 32.2 Å². The molecule has 0 saturated carbocycles. The fourth-order valence-electron chi connectivity index (χ4n) is 3.39. The molecule has 0 saturated heterocycles. The van der Waals surface area contributed by atoms with Gasteiger partial charge in [0.05, 0.1) is 35.2 Å². The van der Waals surface area contributed by atoms with Crippen LogP contribution in [0, 0.1) is 6.92 Å². The van der Waals surface area contributed by atoms with E-state index in [0.717, 1.165) is 21.2 Å². The molecule has 4 rings (SSSR count). The SMILES string of the molecule is COc1cc(OC)c(N(C)C(=O)c2cc3c(=O)[nH]c4ccc(C)cc4c3s2)cc1Cl. The summed E-state index contributed by atoms with van der Waals surface area (Å²) in [5.74, 6) is 0.636. The number of amides is 1. The summed E-state index contributed by atoms with van der Waals surface area (Å²) in [6.07, 6.45) is 0. The van der Waals surface area contributed by atoms with Gasteiger partial charge in [0.1, 0.15) is 11.5 Å². The lowest BCUT2D eigenvalue weighted by Gasteiger charge is -2.20. The van der Waals surface area contributed by atoms with Crippen molar-refractivity contribution in [1.82, 2.24) is 4.98 Å². The maximum atomic E-state index is 13.3. The van der Waals surface area contributed by atoms with Crippen LogP contribution in [0.2, 0.25) is 5.02 Å². The summed E-state index contributed by atoms with van der Waals surface area (Å²) in [4.78, 5) is 30.6. The fraction of sp³-hybridized carbons (Fsp3) is 0.182. The Balaban J connectivity index is 1.83. The lowest BCUT2D eigenvalue weighted by molar-refractivity contribution is 0.0996. The molecule has 2 aromatic heterocycles. The third-order valence-electron chi connectivity index (χ3n) is 4.97. The highest BCUT2D eigenvalue weighted by Gasteiger charge is 2.22. The predicted octanol–water partition coefficient (Wildman–Crippen LogP) is 5.00. The third kappa shape index (κ3) is 3.30. The first-order valence-corrected chi connectivity index (χ1v) is 10.3. The van der Waals surface area contributed by atoms with Crippen molar-refractivity contribution in [3.05, 3.63) is 62.2 Å². The van der Waals surface area contributed by atoms with Crippen molar-refractivity contribution in [3.63, 3.8) is 0 Å². The third-order valence-corrected chi connectivity index (χ3v) is 6.43. The maximum Gasteiger partial charge on any atom is 0.268 e. The fourth-order valence-corrected chi connectivity index (χ4v) is 4.79. The minimum Gasteiger partial charge on any atom is -0.495 e. The Bertz CT molecular complexity index is 1360. The number of ether oxygens (including phenoxy) is 2. The minimum atomic E-state index is -0.268. The van der Waals surface area contributed by atoms with Gasteiger partial charge in [-0.2, -0.15) is 0 Å². The molecule has 154 valence electrons. The van der Waals surface area contributed by atoms with Gasteiger partial charge in [-0.15, -0.1) is 11.3 Å². The van der Waals surface area contributed by atoms with Crippen LogP contribution in [0.5, 0.6) is 11.5 Å². The van der Waals surface area contributed by atoms with E-state index in [2.05, 4.69) is 4.98 Å². The largest absolute Gasteiger partial charge is 0.495 e. The molecule has 0 bridgehead atoms. The number of anilines is 1. The number of nitrogens with one attached hydrogen (secondary N) is 1. The molecular weight excluding hydrogens is 424 g/mol. The Morgan fingerprint density at radius 1 is 1.07 bits per heavy atom. The van der Waals surface area contributed by atoms with Crippen molar-refractivity contribution in [2.24, 2.45) is 0 Å². The molecule has 0 aliphatic heterocycles. The lowest BCUT2D eigenvalue weighted by Crippen LogP contribution is -2.26. The summed E-state index contributed by atoms with van der Waals surface area (Å²) in [5, 5.41) is 1.78. The van der Waals surface area contributed by atoms with Crippen LogP contribution in [-0.2, 0) is 0 Å². The predicted molar refractivity (Wildman–Crippen MR) is 122 cm³/mol. The highest BCUT2D eigenvalue weighted by molar-refractivity contribution is 7.21. The van der Waals surface area contributed by atoms with Crippen molar-refractivity contribution in [2.45, 2.75) is 6.92 Å². The number of thiophene rings is 1. The summed E-state index contributed by atoms with van der Waals surface area (Å²) >= 11 is 7.55. The molecule has 6 nitrogen and oxygen atoms in total. The highest BCUT2D eigenvalue weighted by atomic mass is 35.5. The Labute approximate surface area is 181 Å². The summed E-state index contributed by atoms with van der Waals surface area (Å²) in [6.45, 7) is 1.99. The number of aromatic amines is 1. The van der Waals surface area contributed by atoms with Gasteiger partial charge in [0.15, 0.2) is 0 Å². The van der Waals surface area contributed by atoms with E-state index in [4.69, 9.17) is 21.1 Å². The molecule has 0 unspecified atom stereocenters. The molecule has 2 aromatic carbocycles. The molecule has 4 aromatic rings. The zero-order valence-electron chi connectivity index (χ0n) is 16.8. The number of aryl methyl sites for hydroxylation is 1. The van der Waals surface area contributed by atoms with Gasteiger partial charge in [0, 0.05) is 28.7 Å². The van der Waals surface area contributed by atoms with E-state index < -0.39 is 0 Å². The summed E-state index contributed by atoms with van der Waals surface area (Å²) in [7, 11) is 4.66. The molecule has 0 radical (unpaired) electrons. The number of benzene rings is 2. The second-order valence-electron chi connectivity index (χ2n) is 6.88. The van der Waals surface area contributed by atoms with Gasteiger partial charge in [-0.25, -0.2) is 0 Å². The Morgan fingerprint density at radius 3 is 2.50 bits per heavy atom. The van der Waals surface area contributed by atoms with E-state index in [9.17, 15) is 9.59 Å². The number of methoxy groups -OCH3 is 2. The number of aromatic nitrogens is 1. The van der Waals surface area contributed by atoms with E-state index >= 15 is 0 Å². The van der Waals surface area contributed by atoms with Crippen molar-refractivity contribution < 1.29 is 14.3 Å². The number of fused-ring (bicyclic) bond motifs is 3. The number of H-pyrrole nitrogens is 1. The Kier molecular flexibility index (Phi) is 5.17. The van der Waals surface area contributed by atoms with Crippen molar-refractivity contribution in [1.29, 1.82) is 0 Å². The zero-order valence-corrected chi connectivity index (χ0v) is 18.4. The van der Waals surface area contributed by atoms with Crippen LogP contribution < -0.4 is 19.9 Å². The number of halogens is 1. The molecule has 1 N–H and O–H groups in total. The smallest absolute Gasteiger partial charge is 0.268 e. The van der Waals surface area contributed by atoms with Gasteiger partial charge in [-0.1, -0.05) is 23.2 Å². The number of pyridine rings is 1. The van der Waals surface area contributed by atoms with Crippen LogP contribution in [0.4, 0.5) is 5.69 Å². The molecule has 1 amide bonds. The van der Waals surface area contributed by atoms with Crippen LogP contribution in [0.25, 0.3) is 21.0 Å². The van der Waals surface area contributed by atoms with Crippen molar-refractivity contribution in [3.8, 4) is 11.5 Å². The second kappa shape index (κ2) is 7.66. The van der Waals surface area contributed by atoms with Crippen LogP contribution in [0.15, 0.2) is 41.2 Å². The lowest BCUT2D eigenvalue weighted by atomic mass is 10.1. The van der Waals surface area contributed by atoms with Gasteiger partial charge in [0.2, 0.25) is 0 Å². The number of hydrogen-bond donors (Lipinski definition) is 1. The number of carbonyl (C=O) groups excluding carboxylic acids is 1. The van der Waals surface area contributed by atoms with E-state index in [1.807, 2.05) is 25.1 Å². The average molecular weight is 443 g/mol. The van der Waals surface area contributed by atoms with Crippen LogP contribution >= 0.6 is 22.9 Å². The van der Waals surface area contributed by atoms with Crippen molar-refractivity contribution in [2.75, 3.05) is 26.2 Å². The quantitative estimate of drug-likeness (QED) is 0.483. The molecule has 2 heterocycles. The van der Waals surface area contributed by atoms with Gasteiger partial charge in [0.25, 0.3) is 11.5 Å². The molecule has 0 aliphatic carbocycles. The van der Waals surface area contributed by atoms with E-state index in [1.54, 1.807) is 25.2 Å². The summed E-state index contributed by atoms with van der Waals surface area (Å²) in [6, 6.07) is 10.7. The second-order valence-corrected chi connectivity index (χ2v) is 8.34. The monoisotopic (exact) mass is 442 g/mol. The average Bonchev–Trinajstić information content (AvgIpc) is 3.19. The Morgan fingerprint density at radius 2 is 1.80 bits per heavy atom. The molecule has 0 fully saturated rings. The Hall–Kier alpha value is -3.03. The van der Waals surface area contributed by atoms with E-state index in [-0.39, 0.29) is 11.5 Å². The van der Waals surface area contributed by atoms with Crippen LogP contribution in [0.1, 0.15) is 15.2 Å². The highest BCUT2D eigenvalue weighted by Crippen LogP contribution is 2.39. The van der Waals surface area contributed by atoms with Gasteiger partial charge < -0.3 is 19.4 Å².